The van der Waals surface area contributed by atoms with Crippen molar-refractivity contribution in [3.63, 3.8) is 0 Å². The maximum Gasteiger partial charge on any atom is 0.277 e. The predicted octanol–water partition coefficient (Wildman–Crippen LogP) is 0.504. The van der Waals surface area contributed by atoms with Gasteiger partial charge in [0.1, 0.15) is 11.2 Å². The molecule has 0 bridgehead atoms. The van der Waals surface area contributed by atoms with Crippen LogP contribution in [0.25, 0.3) is 16.8 Å². The normalized spacial score (nSPS) is 11.4. The number of fused-ring (bicyclic) bond motifs is 3. The van der Waals surface area contributed by atoms with Crippen LogP contribution in [0.1, 0.15) is 0 Å². The van der Waals surface area contributed by atoms with Crippen LogP contribution in [0.4, 0.5) is 0 Å². The first-order valence-electron chi connectivity index (χ1n) is 3.89. The first kappa shape index (κ1) is 6.47. The van der Waals surface area contributed by atoms with Crippen molar-refractivity contribution in [2.75, 3.05) is 0 Å². The summed E-state index contributed by atoms with van der Waals surface area (Å²) in [7, 11) is 0. The first-order valence-corrected chi connectivity index (χ1v) is 3.89. The molecule has 0 saturated carbocycles. The molecule has 0 unspecified atom stereocenters. The minimum Gasteiger partial charge on any atom is -0.339 e. The molecule has 5 heteroatoms. The Morgan fingerprint density at radius 2 is 2.38 bits per heavy atom. The van der Waals surface area contributed by atoms with E-state index < -0.39 is 0 Å². The number of hydrogen-bond donors (Lipinski definition) is 2. The van der Waals surface area contributed by atoms with Gasteiger partial charge in [0.05, 0.1) is 6.33 Å². The third-order valence-corrected chi connectivity index (χ3v) is 2.06. The molecule has 5 nitrogen and oxygen atoms in total. The second kappa shape index (κ2) is 2.01. The largest absolute Gasteiger partial charge is 0.339 e. The monoisotopic (exact) mass is 174 g/mol. The van der Waals surface area contributed by atoms with Crippen LogP contribution in [0.3, 0.4) is 0 Å². The van der Waals surface area contributed by atoms with Crippen molar-refractivity contribution in [1.29, 1.82) is 0 Å². The molecule has 13 heavy (non-hydrogen) atoms. The summed E-state index contributed by atoms with van der Waals surface area (Å²) in [5.74, 6) is 0. The molecule has 64 valence electrons. The number of imidazole rings is 1. The molecule has 2 N–H and O–H groups in total. The molecular weight excluding hydrogens is 168 g/mol. The number of aromatic nitrogens is 4. The zero-order chi connectivity index (χ0) is 8.84. The third kappa shape index (κ3) is 0.703. The van der Waals surface area contributed by atoms with Gasteiger partial charge in [-0.05, 0) is 12.1 Å². The zero-order valence-corrected chi connectivity index (χ0v) is 6.61. The van der Waals surface area contributed by atoms with Gasteiger partial charge in [0.2, 0.25) is 0 Å². The van der Waals surface area contributed by atoms with Crippen LogP contribution in [0.5, 0.6) is 0 Å². The average molecular weight is 174 g/mol. The molecule has 0 aliphatic rings. The quantitative estimate of drug-likeness (QED) is 0.521. The maximum absolute atomic E-state index is 11.4. The van der Waals surface area contributed by atoms with E-state index in [4.69, 9.17) is 0 Å². The van der Waals surface area contributed by atoms with E-state index in [0.29, 0.717) is 11.2 Å². The Kier molecular flexibility index (Phi) is 0.999. The number of nitrogens with one attached hydrogen (secondary N) is 2. The Bertz CT molecular complexity index is 630. The van der Waals surface area contributed by atoms with Crippen LogP contribution in [0, 0.1) is 0 Å². The lowest BCUT2D eigenvalue weighted by Crippen LogP contribution is -2.08. The molecule has 3 aromatic heterocycles. The molecule has 0 fully saturated rings. The minimum absolute atomic E-state index is 0.140. The lowest BCUT2D eigenvalue weighted by Gasteiger charge is -1.94. The minimum atomic E-state index is -0.140. The van der Waals surface area contributed by atoms with E-state index in [9.17, 15) is 4.79 Å². The molecule has 3 heterocycles. The molecule has 0 saturated heterocycles. The van der Waals surface area contributed by atoms with E-state index in [1.54, 1.807) is 0 Å². The second-order valence-electron chi connectivity index (χ2n) is 2.82. The highest BCUT2D eigenvalue weighted by Crippen LogP contribution is 2.06. The number of hydrogen-bond acceptors (Lipinski definition) is 2. The van der Waals surface area contributed by atoms with Gasteiger partial charge in [0.25, 0.3) is 5.56 Å². The average Bonchev–Trinajstić information content (AvgIpc) is 2.66. The fraction of sp³-hybridized carbons (Fsp3) is 0. The summed E-state index contributed by atoms with van der Waals surface area (Å²) >= 11 is 0. The van der Waals surface area contributed by atoms with Gasteiger partial charge in [0.15, 0.2) is 5.65 Å². The number of H-pyrrole nitrogens is 2. The summed E-state index contributed by atoms with van der Waals surface area (Å²) in [5, 5.41) is 0. The molecule has 0 amide bonds. The van der Waals surface area contributed by atoms with Gasteiger partial charge in [-0.3, -0.25) is 9.20 Å². The molecule has 3 aromatic rings. The number of rotatable bonds is 0. The molecule has 0 aliphatic carbocycles. The third-order valence-electron chi connectivity index (χ3n) is 2.06. The Morgan fingerprint density at radius 3 is 3.31 bits per heavy atom. The predicted molar refractivity (Wildman–Crippen MR) is 47.7 cm³/mol. The van der Waals surface area contributed by atoms with E-state index in [1.807, 2.05) is 22.7 Å². The van der Waals surface area contributed by atoms with E-state index >= 15 is 0 Å². The van der Waals surface area contributed by atoms with Crippen molar-refractivity contribution >= 4 is 16.8 Å². The summed E-state index contributed by atoms with van der Waals surface area (Å²) in [5.41, 5.74) is 1.77. The van der Waals surface area contributed by atoms with E-state index in [0.717, 1.165) is 5.65 Å². The Balaban J connectivity index is 2.79. The fourth-order valence-electron chi connectivity index (χ4n) is 1.48. The van der Waals surface area contributed by atoms with Crippen molar-refractivity contribution < 1.29 is 0 Å². The van der Waals surface area contributed by atoms with E-state index in [2.05, 4.69) is 15.0 Å². The van der Waals surface area contributed by atoms with Crippen LogP contribution in [0.2, 0.25) is 0 Å². The summed E-state index contributed by atoms with van der Waals surface area (Å²) in [6, 6.07) is 3.69. The molecule has 0 aromatic carbocycles. The van der Waals surface area contributed by atoms with Crippen LogP contribution in [-0.4, -0.2) is 19.4 Å². The van der Waals surface area contributed by atoms with Gasteiger partial charge >= 0.3 is 0 Å². The van der Waals surface area contributed by atoms with Crippen LogP contribution in [-0.2, 0) is 0 Å². The fourth-order valence-corrected chi connectivity index (χ4v) is 1.48. The lowest BCUT2D eigenvalue weighted by atomic mass is 10.5. The van der Waals surface area contributed by atoms with Crippen LogP contribution < -0.4 is 5.56 Å². The summed E-state index contributed by atoms with van der Waals surface area (Å²) in [6.45, 7) is 0. The highest BCUT2D eigenvalue weighted by Gasteiger charge is 2.04. The molecule has 0 aliphatic heterocycles. The van der Waals surface area contributed by atoms with E-state index in [1.165, 1.54) is 6.33 Å². The standard InChI is InChI=1S/C8H6N4O/c13-8-6-7(10-4-9-6)12-3-1-2-5(12)11-8/h1-4H,(H,9,10)(H,11,13). The molecular formula is C8H6N4O. The van der Waals surface area contributed by atoms with Crippen LogP contribution in [0.15, 0.2) is 29.5 Å². The second-order valence-corrected chi connectivity index (χ2v) is 2.82. The van der Waals surface area contributed by atoms with Gasteiger partial charge in [-0.15, -0.1) is 0 Å². The number of aromatic amines is 2. The van der Waals surface area contributed by atoms with Crippen molar-refractivity contribution in [1.82, 2.24) is 19.4 Å². The first-order chi connectivity index (χ1) is 6.36. The SMILES string of the molecule is O=c1[nH]c2cccn2c2nc[nH]c12. The summed E-state index contributed by atoms with van der Waals surface area (Å²) in [4.78, 5) is 21.0. The van der Waals surface area contributed by atoms with E-state index in [-0.39, 0.29) is 5.56 Å². The Labute approximate surface area is 72.0 Å². The van der Waals surface area contributed by atoms with Crippen LogP contribution >= 0.6 is 0 Å². The molecule has 0 atom stereocenters. The Morgan fingerprint density at radius 1 is 1.46 bits per heavy atom. The van der Waals surface area contributed by atoms with Crippen molar-refractivity contribution in [3.8, 4) is 0 Å². The number of nitrogens with zero attached hydrogens (tertiary/aromatic N) is 2. The topological polar surface area (TPSA) is 65.9 Å². The van der Waals surface area contributed by atoms with Gasteiger partial charge in [-0.1, -0.05) is 0 Å². The van der Waals surface area contributed by atoms with Gasteiger partial charge in [-0.25, -0.2) is 4.98 Å². The zero-order valence-electron chi connectivity index (χ0n) is 6.61. The van der Waals surface area contributed by atoms with Crippen molar-refractivity contribution in [2.24, 2.45) is 0 Å². The molecule has 0 spiro atoms. The highest BCUT2D eigenvalue weighted by molar-refractivity contribution is 5.72. The molecule has 0 radical (unpaired) electrons. The van der Waals surface area contributed by atoms with Gasteiger partial charge in [0, 0.05) is 6.20 Å². The maximum atomic E-state index is 11.4. The summed E-state index contributed by atoms with van der Waals surface area (Å²) < 4.78 is 1.83. The van der Waals surface area contributed by atoms with Crippen molar-refractivity contribution in [2.45, 2.75) is 0 Å². The summed E-state index contributed by atoms with van der Waals surface area (Å²) in [6.07, 6.45) is 3.37. The highest BCUT2D eigenvalue weighted by atomic mass is 16.1. The van der Waals surface area contributed by atoms with Gasteiger partial charge in [-0.2, -0.15) is 0 Å². The Hall–Kier alpha value is -2.04. The van der Waals surface area contributed by atoms with Crippen molar-refractivity contribution in [3.05, 3.63) is 35.0 Å². The smallest absolute Gasteiger partial charge is 0.277 e. The van der Waals surface area contributed by atoms with Gasteiger partial charge < -0.3 is 9.97 Å². The lowest BCUT2D eigenvalue weighted by molar-refractivity contribution is 1.14. The molecule has 3 rings (SSSR count).